The van der Waals surface area contributed by atoms with Crippen molar-refractivity contribution in [3.8, 4) is 5.75 Å². The van der Waals surface area contributed by atoms with Crippen molar-refractivity contribution in [2.45, 2.75) is 26.2 Å². The zero-order valence-corrected chi connectivity index (χ0v) is 14.7. The zero-order chi connectivity index (χ0) is 17.9. The van der Waals surface area contributed by atoms with E-state index in [-0.39, 0.29) is 5.82 Å². The molecule has 1 aliphatic heterocycles. The van der Waals surface area contributed by atoms with Crippen LogP contribution in [0.1, 0.15) is 25.7 Å². The highest BCUT2D eigenvalue weighted by atomic mass is 19.1. The smallest absolute Gasteiger partial charge is 0.252 e. The average molecular weight is 356 g/mol. The molecule has 1 saturated heterocycles. The molecule has 0 unspecified atom stereocenters. The first-order valence-corrected chi connectivity index (χ1v) is 8.96. The molecule has 1 aliphatic rings. The van der Waals surface area contributed by atoms with Gasteiger partial charge in [-0.1, -0.05) is 6.92 Å². The summed E-state index contributed by atoms with van der Waals surface area (Å²) in [7, 11) is 0. The lowest BCUT2D eigenvalue weighted by molar-refractivity contribution is 0.228. The SMILES string of the molecule is CCc1nc2c(N3CCC[C@H](COc4ccc(F)cc4)C3)ncnc2o1. The Morgan fingerprint density at radius 3 is 2.92 bits per heavy atom. The Hall–Kier alpha value is -2.70. The fraction of sp³-hybridized carbons (Fsp3) is 0.421. The standard InChI is InChI=1S/C19H21FN4O2/c1-2-16-23-17-18(21-12-22-19(17)26-16)24-9-3-4-13(10-24)11-25-15-7-5-14(20)6-8-15/h5-8,12-13H,2-4,9-11H2,1H3/t13-/m0/s1. The Balaban J connectivity index is 1.46. The molecule has 26 heavy (non-hydrogen) atoms. The van der Waals surface area contributed by atoms with Crippen LogP contribution in [0.4, 0.5) is 10.2 Å². The van der Waals surface area contributed by atoms with Crippen LogP contribution in [0.25, 0.3) is 11.2 Å². The van der Waals surface area contributed by atoms with Crippen LogP contribution >= 0.6 is 0 Å². The van der Waals surface area contributed by atoms with E-state index in [0.717, 1.165) is 43.7 Å². The molecule has 1 aromatic carbocycles. The van der Waals surface area contributed by atoms with Gasteiger partial charge in [-0.25, -0.2) is 14.4 Å². The number of benzene rings is 1. The van der Waals surface area contributed by atoms with Crippen LogP contribution in [0.3, 0.4) is 0 Å². The molecule has 1 atom stereocenters. The van der Waals surface area contributed by atoms with Crippen LogP contribution in [0.2, 0.25) is 0 Å². The van der Waals surface area contributed by atoms with Gasteiger partial charge in [-0.2, -0.15) is 4.98 Å². The van der Waals surface area contributed by atoms with Gasteiger partial charge in [0, 0.05) is 25.4 Å². The van der Waals surface area contributed by atoms with Crippen LogP contribution in [-0.2, 0) is 6.42 Å². The molecule has 0 amide bonds. The Morgan fingerprint density at radius 1 is 1.27 bits per heavy atom. The number of hydrogen-bond donors (Lipinski definition) is 0. The minimum atomic E-state index is -0.256. The molecule has 1 fully saturated rings. The van der Waals surface area contributed by atoms with E-state index in [1.165, 1.54) is 18.5 Å². The number of rotatable bonds is 5. The molecule has 3 aromatic rings. The van der Waals surface area contributed by atoms with E-state index in [0.29, 0.717) is 29.9 Å². The summed E-state index contributed by atoms with van der Waals surface area (Å²) in [5.41, 5.74) is 1.26. The Morgan fingerprint density at radius 2 is 2.12 bits per heavy atom. The van der Waals surface area contributed by atoms with Gasteiger partial charge in [0.15, 0.2) is 17.2 Å². The topological polar surface area (TPSA) is 64.3 Å². The van der Waals surface area contributed by atoms with Crippen LogP contribution < -0.4 is 9.64 Å². The molecule has 0 aliphatic carbocycles. The predicted octanol–water partition coefficient (Wildman–Crippen LogP) is 3.61. The first-order chi connectivity index (χ1) is 12.7. The van der Waals surface area contributed by atoms with Gasteiger partial charge in [-0.05, 0) is 37.1 Å². The van der Waals surface area contributed by atoms with Crippen molar-refractivity contribution < 1.29 is 13.5 Å². The molecule has 0 spiro atoms. The maximum atomic E-state index is 13.0. The maximum Gasteiger partial charge on any atom is 0.252 e. The third-order valence-electron chi connectivity index (χ3n) is 4.64. The van der Waals surface area contributed by atoms with Gasteiger partial charge >= 0.3 is 0 Å². The second-order valence-corrected chi connectivity index (χ2v) is 6.53. The van der Waals surface area contributed by atoms with E-state index in [1.807, 2.05) is 6.92 Å². The quantitative estimate of drug-likeness (QED) is 0.696. The zero-order valence-electron chi connectivity index (χ0n) is 14.7. The van der Waals surface area contributed by atoms with E-state index in [9.17, 15) is 4.39 Å². The fourth-order valence-corrected chi connectivity index (χ4v) is 3.31. The second kappa shape index (κ2) is 7.27. The van der Waals surface area contributed by atoms with Crippen molar-refractivity contribution >= 4 is 17.0 Å². The van der Waals surface area contributed by atoms with Crippen LogP contribution in [0, 0.1) is 11.7 Å². The van der Waals surface area contributed by atoms with Crippen molar-refractivity contribution in [1.82, 2.24) is 15.0 Å². The first kappa shape index (κ1) is 16.8. The van der Waals surface area contributed by atoms with Crippen LogP contribution in [-0.4, -0.2) is 34.6 Å². The average Bonchev–Trinajstić information content (AvgIpc) is 3.11. The summed E-state index contributed by atoms with van der Waals surface area (Å²) in [5, 5.41) is 0. The largest absolute Gasteiger partial charge is 0.493 e. The van der Waals surface area contributed by atoms with Gasteiger partial charge in [-0.15, -0.1) is 0 Å². The molecule has 0 bridgehead atoms. The van der Waals surface area contributed by atoms with E-state index < -0.39 is 0 Å². The number of anilines is 1. The first-order valence-electron chi connectivity index (χ1n) is 8.96. The van der Waals surface area contributed by atoms with Crippen LogP contribution in [0.5, 0.6) is 5.75 Å². The van der Waals surface area contributed by atoms with E-state index >= 15 is 0 Å². The lowest BCUT2D eigenvalue weighted by Crippen LogP contribution is -2.38. The third-order valence-corrected chi connectivity index (χ3v) is 4.64. The summed E-state index contributed by atoms with van der Waals surface area (Å²) < 4.78 is 24.5. The van der Waals surface area contributed by atoms with Gasteiger partial charge < -0.3 is 14.1 Å². The van der Waals surface area contributed by atoms with Gasteiger partial charge in [0.1, 0.15) is 17.9 Å². The Kier molecular flexibility index (Phi) is 4.69. The van der Waals surface area contributed by atoms with Crippen LogP contribution in [0.15, 0.2) is 35.0 Å². The maximum absolute atomic E-state index is 13.0. The van der Waals surface area contributed by atoms with E-state index in [2.05, 4.69) is 19.9 Å². The molecule has 2 aromatic heterocycles. The molecule has 136 valence electrons. The molecule has 0 N–H and O–H groups in total. The molecule has 0 radical (unpaired) electrons. The molecular weight excluding hydrogens is 335 g/mol. The predicted molar refractivity (Wildman–Crippen MR) is 95.8 cm³/mol. The summed E-state index contributed by atoms with van der Waals surface area (Å²) in [5.74, 6) is 2.31. The third kappa shape index (κ3) is 3.47. The lowest BCUT2D eigenvalue weighted by Gasteiger charge is -2.33. The normalized spacial score (nSPS) is 17.6. The Bertz CT molecular complexity index is 881. The molecule has 6 nitrogen and oxygen atoms in total. The van der Waals surface area contributed by atoms with Crippen molar-refractivity contribution in [2.24, 2.45) is 5.92 Å². The van der Waals surface area contributed by atoms with Gasteiger partial charge in [0.25, 0.3) is 5.71 Å². The summed E-state index contributed by atoms with van der Waals surface area (Å²) >= 11 is 0. The number of hydrogen-bond acceptors (Lipinski definition) is 6. The number of oxazole rings is 1. The molecule has 4 rings (SSSR count). The summed E-state index contributed by atoms with van der Waals surface area (Å²) in [6.45, 7) is 4.35. The number of halogens is 1. The highest BCUT2D eigenvalue weighted by Crippen LogP contribution is 2.28. The monoisotopic (exact) mass is 356 g/mol. The van der Waals surface area contributed by atoms with Crippen molar-refractivity contribution in [1.29, 1.82) is 0 Å². The number of piperidine rings is 1. The number of fused-ring (bicyclic) bond motifs is 1. The Labute approximate surface area is 151 Å². The minimum absolute atomic E-state index is 0.256. The summed E-state index contributed by atoms with van der Waals surface area (Å²) in [4.78, 5) is 15.4. The van der Waals surface area contributed by atoms with Crippen molar-refractivity contribution in [2.75, 3.05) is 24.6 Å². The molecular formula is C19H21FN4O2. The number of aromatic nitrogens is 3. The van der Waals surface area contributed by atoms with E-state index in [1.54, 1.807) is 12.1 Å². The van der Waals surface area contributed by atoms with Crippen molar-refractivity contribution in [3.63, 3.8) is 0 Å². The number of nitrogens with zero attached hydrogens (tertiary/aromatic N) is 4. The van der Waals surface area contributed by atoms with Gasteiger partial charge in [-0.3, -0.25) is 0 Å². The fourth-order valence-electron chi connectivity index (χ4n) is 3.31. The van der Waals surface area contributed by atoms with E-state index in [4.69, 9.17) is 9.15 Å². The lowest BCUT2D eigenvalue weighted by atomic mass is 9.99. The number of aryl methyl sites for hydroxylation is 1. The highest BCUT2D eigenvalue weighted by Gasteiger charge is 2.24. The van der Waals surface area contributed by atoms with Crippen molar-refractivity contribution in [3.05, 3.63) is 42.3 Å². The second-order valence-electron chi connectivity index (χ2n) is 6.53. The summed E-state index contributed by atoms with van der Waals surface area (Å²) in [6.07, 6.45) is 4.40. The van der Waals surface area contributed by atoms with Gasteiger partial charge in [0.05, 0.1) is 6.61 Å². The number of ether oxygens (including phenoxy) is 1. The molecule has 3 heterocycles. The highest BCUT2D eigenvalue weighted by molar-refractivity contribution is 5.81. The minimum Gasteiger partial charge on any atom is -0.493 e. The molecule has 7 heteroatoms. The van der Waals surface area contributed by atoms with Gasteiger partial charge in [0.2, 0.25) is 0 Å². The summed E-state index contributed by atoms with van der Waals surface area (Å²) in [6, 6.07) is 6.14. The molecule has 0 saturated carbocycles.